The summed E-state index contributed by atoms with van der Waals surface area (Å²) >= 11 is 0. The second-order valence-corrected chi connectivity index (χ2v) is 5.02. The molecule has 0 aromatic carbocycles. The maximum atomic E-state index is 9.57. The van der Waals surface area contributed by atoms with Gasteiger partial charge in [-0.25, -0.2) is 0 Å². The van der Waals surface area contributed by atoms with Crippen LogP contribution in [0.1, 0.15) is 39.5 Å². The van der Waals surface area contributed by atoms with Crippen LogP contribution in [0.15, 0.2) is 0 Å². The molecular formula is C10H19NO. The summed E-state index contributed by atoms with van der Waals surface area (Å²) in [5, 5.41) is 13.1. The van der Waals surface area contributed by atoms with E-state index in [0.717, 1.165) is 12.8 Å². The van der Waals surface area contributed by atoms with Crippen LogP contribution in [-0.2, 0) is 0 Å². The van der Waals surface area contributed by atoms with Gasteiger partial charge in [0.1, 0.15) is 0 Å². The topological polar surface area (TPSA) is 32.3 Å². The minimum Gasteiger partial charge on any atom is -0.392 e. The molecule has 0 aromatic rings. The first-order valence-electron chi connectivity index (χ1n) is 5.04. The lowest BCUT2D eigenvalue weighted by Crippen LogP contribution is -2.38. The van der Waals surface area contributed by atoms with Crippen LogP contribution in [0.5, 0.6) is 0 Å². The first-order chi connectivity index (χ1) is 5.59. The summed E-state index contributed by atoms with van der Waals surface area (Å²) in [5.74, 6) is 0. The third kappa shape index (κ3) is 1.50. The molecule has 12 heavy (non-hydrogen) atoms. The number of aliphatic hydroxyl groups excluding tert-OH is 1. The summed E-state index contributed by atoms with van der Waals surface area (Å²) in [7, 11) is 0. The Kier molecular flexibility index (Phi) is 1.92. The van der Waals surface area contributed by atoms with Crippen molar-refractivity contribution in [1.82, 2.24) is 5.32 Å². The van der Waals surface area contributed by atoms with Gasteiger partial charge in [0, 0.05) is 12.1 Å². The maximum Gasteiger partial charge on any atom is 0.0693 e. The van der Waals surface area contributed by atoms with Crippen LogP contribution in [-0.4, -0.2) is 23.3 Å². The molecule has 2 aliphatic carbocycles. The molecule has 0 spiro atoms. The van der Waals surface area contributed by atoms with Crippen molar-refractivity contribution >= 4 is 0 Å². The normalized spacial score (nSPS) is 44.8. The fourth-order valence-corrected chi connectivity index (χ4v) is 2.14. The van der Waals surface area contributed by atoms with Gasteiger partial charge in [0.15, 0.2) is 0 Å². The van der Waals surface area contributed by atoms with Crippen LogP contribution in [0.2, 0.25) is 0 Å². The van der Waals surface area contributed by atoms with Crippen LogP contribution in [0.4, 0.5) is 0 Å². The van der Waals surface area contributed by atoms with Crippen molar-refractivity contribution in [2.24, 2.45) is 5.41 Å². The Morgan fingerprint density at radius 2 is 2.00 bits per heavy atom. The van der Waals surface area contributed by atoms with Gasteiger partial charge < -0.3 is 10.4 Å². The van der Waals surface area contributed by atoms with E-state index < -0.39 is 0 Å². The van der Waals surface area contributed by atoms with E-state index in [1.807, 2.05) is 0 Å². The average Bonchev–Trinajstić information content (AvgIpc) is 2.39. The van der Waals surface area contributed by atoms with Gasteiger partial charge >= 0.3 is 0 Å². The smallest absolute Gasteiger partial charge is 0.0693 e. The van der Waals surface area contributed by atoms with E-state index in [1.165, 1.54) is 12.8 Å². The van der Waals surface area contributed by atoms with Crippen LogP contribution < -0.4 is 5.32 Å². The van der Waals surface area contributed by atoms with Crippen LogP contribution in [0.3, 0.4) is 0 Å². The van der Waals surface area contributed by atoms with Crippen LogP contribution in [0.25, 0.3) is 0 Å². The number of rotatable bonds is 2. The Morgan fingerprint density at radius 1 is 1.33 bits per heavy atom. The Bertz CT molecular complexity index is 179. The predicted octanol–water partition coefficient (Wildman–Crippen LogP) is 1.29. The van der Waals surface area contributed by atoms with Gasteiger partial charge in [-0.1, -0.05) is 13.8 Å². The largest absolute Gasteiger partial charge is 0.392 e. The molecule has 2 N–H and O–H groups in total. The van der Waals surface area contributed by atoms with Crippen molar-refractivity contribution < 1.29 is 5.11 Å². The Hall–Kier alpha value is -0.0800. The summed E-state index contributed by atoms with van der Waals surface area (Å²) in [6.45, 7) is 4.57. The molecule has 0 aliphatic heterocycles. The van der Waals surface area contributed by atoms with Crippen molar-refractivity contribution in [3.05, 3.63) is 0 Å². The average molecular weight is 169 g/mol. The molecule has 3 atom stereocenters. The number of hydrogen-bond acceptors (Lipinski definition) is 2. The molecule has 0 amide bonds. The standard InChI is InChI=1S/C10H19NO/c1-10(2)6-9(10)11-7-4-3-5-8(7)12/h7-9,11-12H,3-6H2,1-2H3. The van der Waals surface area contributed by atoms with Gasteiger partial charge in [-0.05, 0) is 31.1 Å². The van der Waals surface area contributed by atoms with Gasteiger partial charge in [-0.15, -0.1) is 0 Å². The van der Waals surface area contributed by atoms with Crippen LogP contribution >= 0.6 is 0 Å². The van der Waals surface area contributed by atoms with E-state index in [-0.39, 0.29) is 6.10 Å². The van der Waals surface area contributed by atoms with Gasteiger partial charge in [0.25, 0.3) is 0 Å². The molecule has 2 nitrogen and oxygen atoms in total. The van der Waals surface area contributed by atoms with E-state index in [9.17, 15) is 5.11 Å². The molecule has 70 valence electrons. The fraction of sp³-hybridized carbons (Fsp3) is 1.00. The summed E-state index contributed by atoms with van der Waals surface area (Å²) in [4.78, 5) is 0. The molecule has 0 heterocycles. The van der Waals surface area contributed by atoms with E-state index in [2.05, 4.69) is 19.2 Å². The summed E-state index contributed by atoms with van der Waals surface area (Å²) in [5.41, 5.74) is 0.488. The molecule has 3 unspecified atom stereocenters. The molecule has 2 saturated carbocycles. The Labute approximate surface area is 74.4 Å². The van der Waals surface area contributed by atoms with E-state index >= 15 is 0 Å². The Balaban J connectivity index is 1.80. The zero-order valence-corrected chi connectivity index (χ0v) is 8.01. The lowest BCUT2D eigenvalue weighted by Gasteiger charge is -2.17. The van der Waals surface area contributed by atoms with Gasteiger partial charge in [-0.2, -0.15) is 0 Å². The van der Waals surface area contributed by atoms with Crippen molar-refractivity contribution in [2.75, 3.05) is 0 Å². The molecule has 2 fully saturated rings. The van der Waals surface area contributed by atoms with Gasteiger partial charge in [-0.3, -0.25) is 0 Å². The van der Waals surface area contributed by atoms with E-state index in [1.54, 1.807) is 0 Å². The third-order valence-electron chi connectivity index (χ3n) is 3.41. The SMILES string of the molecule is CC1(C)CC1NC1CCCC1O. The first-order valence-corrected chi connectivity index (χ1v) is 5.04. The lowest BCUT2D eigenvalue weighted by molar-refractivity contribution is 0.146. The zero-order chi connectivity index (χ0) is 8.77. The van der Waals surface area contributed by atoms with Crippen molar-refractivity contribution in [1.29, 1.82) is 0 Å². The first kappa shape index (κ1) is 8.52. The molecule has 2 aliphatic rings. The van der Waals surface area contributed by atoms with Crippen LogP contribution in [0, 0.1) is 5.41 Å². The molecule has 0 saturated heterocycles. The highest BCUT2D eigenvalue weighted by Crippen LogP contribution is 2.45. The van der Waals surface area contributed by atoms with Gasteiger partial charge in [0.05, 0.1) is 6.10 Å². The lowest BCUT2D eigenvalue weighted by atomic mass is 10.1. The molecule has 2 rings (SSSR count). The highest BCUT2D eigenvalue weighted by atomic mass is 16.3. The molecule has 0 radical (unpaired) electrons. The van der Waals surface area contributed by atoms with Crippen molar-refractivity contribution in [3.63, 3.8) is 0 Å². The fourth-order valence-electron chi connectivity index (χ4n) is 2.14. The summed E-state index contributed by atoms with van der Waals surface area (Å²) in [6, 6.07) is 1.05. The molecule has 0 bridgehead atoms. The highest BCUT2D eigenvalue weighted by molar-refractivity contribution is 5.04. The van der Waals surface area contributed by atoms with E-state index in [0.29, 0.717) is 17.5 Å². The summed E-state index contributed by atoms with van der Waals surface area (Å²) < 4.78 is 0. The monoisotopic (exact) mass is 169 g/mol. The number of hydrogen-bond donors (Lipinski definition) is 2. The third-order valence-corrected chi connectivity index (χ3v) is 3.41. The van der Waals surface area contributed by atoms with Crippen molar-refractivity contribution in [3.8, 4) is 0 Å². The molecule has 2 heteroatoms. The van der Waals surface area contributed by atoms with Crippen molar-refractivity contribution in [2.45, 2.75) is 57.7 Å². The maximum absolute atomic E-state index is 9.57. The highest BCUT2D eigenvalue weighted by Gasteiger charge is 2.47. The number of aliphatic hydroxyl groups is 1. The number of nitrogens with one attached hydrogen (secondary N) is 1. The molecular weight excluding hydrogens is 150 g/mol. The quantitative estimate of drug-likeness (QED) is 0.653. The second-order valence-electron chi connectivity index (χ2n) is 5.02. The summed E-state index contributed by atoms with van der Waals surface area (Å²) in [6.07, 6.45) is 4.53. The predicted molar refractivity (Wildman–Crippen MR) is 49.0 cm³/mol. The zero-order valence-electron chi connectivity index (χ0n) is 8.01. The molecule has 0 aromatic heterocycles. The minimum absolute atomic E-state index is 0.0820. The van der Waals surface area contributed by atoms with Gasteiger partial charge in [0.2, 0.25) is 0 Å². The van der Waals surface area contributed by atoms with E-state index in [4.69, 9.17) is 0 Å². The Morgan fingerprint density at radius 3 is 2.42 bits per heavy atom. The minimum atomic E-state index is -0.0820. The second kappa shape index (κ2) is 2.71.